The Balaban J connectivity index is 3.62. The standard InChI is InChI=1S/C14H32N2O/c1-7-8-13(4)15-11-14(5)16(6)9-10-17-12(2)3/h12-15H,7-11H2,1-6H3. The van der Waals surface area contributed by atoms with Crippen molar-refractivity contribution < 1.29 is 4.74 Å². The number of rotatable bonds is 10. The number of likely N-dealkylation sites (N-methyl/N-ethyl adjacent to an activating group) is 1. The van der Waals surface area contributed by atoms with Crippen LogP contribution in [0.1, 0.15) is 47.5 Å². The summed E-state index contributed by atoms with van der Waals surface area (Å²) in [5.41, 5.74) is 0. The smallest absolute Gasteiger partial charge is 0.0596 e. The van der Waals surface area contributed by atoms with Crippen LogP contribution < -0.4 is 5.32 Å². The van der Waals surface area contributed by atoms with Crippen LogP contribution in [0, 0.1) is 0 Å². The van der Waals surface area contributed by atoms with E-state index in [2.05, 4.69) is 51.9 Å². The van der Waals surface area contributed by atoms with Gasteiger partial charge in [-0.05, 0) is 41.2 Å². The highest BCUT2D eigenvalue weighted by molar-refractivity contribution is 4.69. The maximum absolute atomic E-state index is 5.56. The molecule has 0 aromatic rings. The molecule has 0 fully saturated rings. The first-order valence-electron chi connectivity index (χ1n) is 7.02. The first kappa shape index (κ1) is 16.9. The second kappa shape index (κ2) is 9.86. The minimum atomic E-state index is 0.335. The lowest BCUT2D eigenvalue weighted by molar-refractivity contribution is 0.0571. The van der Waals surface area contributed by atoms with E-state index in [9.17, 15) is 0 Å². The summed E-state index contributed by atoms with van der Waals surface area (Å²) in [7, 11) is 2.17. The summed E-state index contributed by atoms with van der Waals surface area (Å²) in [6, 6.07) is 1.19. The monoisotopic (exact) mass is 244 g/mol. The molecule has 3 heteroatoms. The highest BCUT2D eigenvalue weighted by Crippen LogP contribution is 1.99. The van der Waals surface area contributed by atoms with Gasteiger partial charge in [0.1, 0.15) is 0 Å². The third-order valence-corrected chi connectivity index (χ3v) is 3.13. The van der Waals surface area contributed by atoms with Crippen LogP contribution in [0.25, 0.3) is 0 Å². The molecule has 0 spiro atoms. The highest BCUT2D eigenvalue weighted by atomic mass is 16.5. The van der Waals surface area contributed by atoms with Gasteiger partial charge in [0.25, 0.3) is 0 Å². The molecule has 0 aliphatic rings. The van der Waals surface area contributed by atoms with Crippen LogP contribution in [0.5, 0.6) is 0 Å². The molecule has 0 bridgehead atoms. The Morgan fingerprint density at radius 3 is 2.35 bits per heavy atom. The maximum atomic E-state index is 5.56. The fourth-order valence-corrected chi connectivity index (χ4v) is 1.72. The van der Waals surface area contributed by atoms with E-state index in [-0.39, 0.29) is 0 Å². The van der Waals surface area contributed by atoms with Gasteiger partial charge in [0, 0.05) is 25.2 Å². The van der Waals surface area contributed by atoms with Crippen LogP contribution in [0.15, 0.2) is 0 Å². The van der Waals surface area contributed by atoms with E-state index in [1.807, 2.05) is 0 Å². The summed E-state index contributed by atoms with van der Waals surface area (Å²) < 4.78 is 5.56. The molecule has 3 nitrogen and oxygen atoms in total. The number of nitrogens with zero attached hydrogens (tertiary/aromatic N) is 1. The lowest BCUT2D eigenvalue weighted by Crippen LogP contribution is -2.42. The van der Waals surface area contributed by atoms with Gasteiger partial charge in [-0.15, -0.1) is 0 Å². The minimum absolute atomic E-state index is 0.335. The zero-order valence-electron chi connectivity index (χ0n) is 12.6. The summed E-state index contributed by atoms with van der Waals surface area (Å²) in [6.07, 6.45) is 2.84. The summed E-state index contributed by atoms with van der Waals surface area (Å²) in [6.45, 7) is 13.8. The van der Waals surface area contributed by atoms with Crippen molar-refractivity contribution in [3.8, 4) is 0 Å². The molecular weight excluding hydrogens is 212 g/mol. The second-order valence-electron chi connectivity index (χ2n) is 5.35. The second-order valence-corrected chi connectivity index (χ2v) is 5.35. The van der Waals surface area contributed by atoms with Crippen LogP contribution >= 0.6 is 0 Å². The predicted octanol–water partition coefficient (Wildman–Crippen LogP) is 2.51. The Hall–Kier alpha value is -0.120. The number of hydrogen-bond donors (Lipinski definition) is 1. The van der Waals surface area contributed by atoms with Gasteiger partial charge in [-0.3, -0.25) is 0 Å². The molecule has 0 heterocycles. The number of nitrogens with one attached hydrogen (secondary N) is 1. The maximum Gasteiger partial charge on any atom is 0.0596 e. The Morgan fingerprint density at radius 1 is 1.18 bits per heavy atom. The quantitative estimate of drug-likeness (QED) is 0.639. The molecule has 0 aliphatic heterocycles. The topological polar surface area (TPSA) is 24.5 Å². The van der Waals surface area contributed by atoms with Gasteiger partial charge in [0.15, 0.2) is 0 Å². The van der Waals surface area contributed by atoms with Gasteiger partial charge < -0.3 is 15.0 Å². The molecule has 104 valence electrons. The third kappa shape index (κ3) is 9.57. The summed E-state index contributed by atoms with van der Waals surface area (Å²) >= 11 is 0. The molecule has 2 unspecified atom stereocenters. The molecule has 17 heavy (non-hydrogen) atoms. The van der Waals surface area contributed by atoms with Crippen LogP contribution in [0.3, 0.4) is 0 Å². The highest BCUT2D eigenvalue weighted by Gasteiger charge is 2.10. The van der Waals surface area contributed by atoms with Crippen LogP contribution in [-0.4, -0.2) is 49.8 Å². The molecule has 0 aromatic heterocycles. The molecule has 0 aromatic carbocycles. The lowest BCUT2D eigenvalue weighted by atomic mass is 10.2. The first-order valence-corrected chi connectivity index (χ1v) is 7.02. The molecule has 0 aliphatic carbocycles. The van der Waals surface area contributed by atoms with E-state index in [0.717, 1.165) is 19.7 Å². The largest absolute Gasteiger partial charge is 0.377 e. The van der Waals surface area contributed by atoms with Crippen LogP contribution in [0.2, 0.25) is 0 Å². The fraction of sp³-hybridized carbons (Fsp3) is 1.00. The average molecular weight is 244 g/mol. The number of hydrogen-bond acceptors (Lipinski definition) is 3. The molecule has 0 saturated heterocycles. The van der Waals surface area contributed by atoms with Gasteiger partial charge >= 0.3 is 0 Å². The first-order chi connectivity index (χ1) is 7.97. The van der Waals surface area contributed by atoms with E-state index >= 15 is 0 Å². The van der Waals surface area contributed by atoms with Crippen molar-refractivity contribution in [3.63, 3.8) is 0 Å². The van der Waals surface area contributed by atoms with Gasteiger partial charge in [-0.25, -0.2) is 0 Å². The van der Waals surface area contributed by atoms with E-state index in [1.165, 1.54) is 12.8 Å². The van der Waals surface area contributed by atoms with Gasteiger partial charge in [0.05, 0.1) is 12.7 Å². The SMILES string of the molecule is CCCC(C)NCC(C)N(C)CCOC(C)C. The normalized spacial score (nSPS) is 15.5. The molecule has 0 radical (unpaired) electrons. The summed E-state index contributed by atoms with van der Waals surface area (Å²) in [5.74, 6) is 0. The summed E-state index contributed by atoms with van der Waals surface area (Å²) in [4.78, 5) is 2.36. The summed E-state index contributed by atoms with van der Waals surface area (Å²) in [5, 5.41) is 3.58. The van der Waals surface area contributed by atoms with Crippen molar-refractivity contribution in [2.75, 3.05) is 26.7 Å². The molecule has 0 rings (SSSR count). The third-order valence-electron chi connectivity index (χ3n) is 3.13. The van der Waals surface area contributed by atoms with Crippen LogP contribution in [-0.2, 0) is 4.74 Å². The van der Waals surface area contributed by atoms with Crippen molar-refractivity contribution in [3.05, 3.63) is 0 Å². The number of ether oxygens (including phenoxy) is 1. The van der Waals surface area contributed by atoms with E-state index < -0.39 is 0 Å². The zero-order valence-corrected chi connectivity index (χ0v) is 12.6. The average Bonchev–Trinajstić information content (AvgIpc) is 2.25. The fourth-order valence-electron chi connectivity index (χ4n) is 1.72. The zero-order chi connectivity index (χ0) is 13.3. The molecular formula is C14H32N2O. The Kier molecular flexibility index (Phi) is 9.79. The predicted molar refractivity (Wildman–Crippen MR) is 75.6 cm³/mol. The van der Waals surface area contributed by atoms with Crippen molar-refractivity contribution in [2.24, 2.45) is 0 Å². The molecule has 0 amide bonds. The van der Waals surface area contributed by atoms with Gasteiger partial charge in [-0.2, -0.15) is 0 Å². The van der Waals surface area contributed by atoms with Crippen molar-refractivity contribution in [2.45, 2.75) is 65.6 Å². The van der Waals surface area contributed by atoms with E-state index in [0.29, 0.717) is 18.2 Å². The van der Waals surface area contributed by atoms with Crippen molar-refractivity contribution in [1.29, 1.82) is 0 Å². The molecule has 0 saturated carbocycles. The Labute approximate surface area is 108 Å². The van der Waals surface area contributed by atoms with Crippen molar-refractivity contribution in [1.82, 2.24) is 10.2 Å². The van der Waals surface area contributed by atoms with Crippen LogP contribution in [0.4, 0.5) is 0 Å². The molecule has 1 N–H and O–H groups in total. The van der Waals surface area contributed by atoms with E-state index in [4.69, 9.17) is 4.74 Å². The van der Waals surface area contributed by atoms with Crippen molar-refractivity contribution >= 4 is 0 Å². The lowest BCUT2D eigenvalue weighted by Gasteiger charge is -2.26. The Morgan fingerprint density at radius 2 is 1.82 bits per heavy atom. The minimum Gasteiger partial charge on any atom is -0.377 e. The molecule has 2 atom stereocenters. The van der Waals surface area contributed by atoms with Gasteiger partial charge in [0.2, 0.25) is 0 Å². The Bertz CT molecular complexity index is 174. The van der Waals surface area contributed by atoms with E-state index in [1.54, 1.807) is 0 Å². The van der Waals surface area contributed by atoms with Gasteiger partial charge in [-0.1, -0.05) is 13.3 Å².